The second-order valence-electron chi connectivity index (χ2n) is 3.35. The standard InChI is InChI=1S/C10H6F4O4/c11-7-3(1-5(15)16)4(2-6(17)18)8(12)10(14)9(7)13/h1-2H2,(H,15,16)(H,17,18). The van der Waals surface area contributed by atoms with Crippen LogP contribution in [0.15, 0.2) is 0 Å². The van der Waals surface area contributed by atoms with Crippen molar-refractivity contribution < 1.29 is 37.4 Å². The van der Waals surface area contributed by atoms with Crippen LogP contribution in [0.3, 0.4) is 0 Å². The number of halogens is 4. The van der Waals surface area contributed by atoms with Gasteiger partial charge in [0.2, 0.25) is 0 Å². The highest BCUT2D eigenvalue weighted by Crippen LogP contribution is 2.25. The summed E-state index contributed by atoms with van der Waals surface area (Å²) in [5, 5.41) is 16.9. The maximum atomic E-state index is 13.3. The normalized spacial score (nSPS) is 10.4. The van der Waals surface area contributed by atoms with E-state index >= 15 is 0 Å². The quantitative estimate of drug-likeness (QED) is 0.492. The van der Waals surface area contributed by atoms with Gasteiger partial charge in [0.25, 0.3) is 0 Å². The summed E-state index contributed by atoms with van der Waals surface area (Å²) >= 11 is 0. The van der Waals surface area contributed by atoms with Crippen molar-refractivity contribution in [2.24, 2.45) is 0 Å². The van der Waals surface area contributed by atoms with Gasteiger partial charge in [0.1, 0.15) is 0 Å². The first kappa shape index (κ1) is 13.9. The van der Waals surface area contributed by atoms with E-state index < -0.39 is 59.2 Å². The number of carboxylic acid groups (broad SMARTS) is 2. The van der Waals surface area contributed by atoms with Crippen LogP contribution in [-0.4, -0.2) is 22.2 Å². The Morgan fingerprint density at radius 1 is 0.722 bits per heavy atom. The van der Waals surface area contributed by atoms with Gasteiger partial charge in [-0.2, -0.15) is 0 Å². The topological polar surface area (TPSA) is 74.6 Å². The van der Waals surface area contributed by atoms with Crippen LogP contribution in [0.5, 0.6) is 0 Å². The summed E-state index contributed by atoms with van der Waals surface area (Å²) in [5.74, 6) is -11.4. The molecule has 0 heterocycles. The van der Waals surface area contributed by atoms with E-state index in [0.717, 1.165) is 0 Å². The molecule has 8 heteroatoms. The van der Waals surface area contributed by atoms with Gasteiger partial charge in [-0.3, -0.25) is 9.59 Å². The van der Waals surface area contributed by atoms with Gasteiger partial charge >= 0.3 is 11.9 Å². The molecule has 0 fully saturated rings. The Morgan fingerprint density at radius 3 is 1.22 bits per heavy atom. The number of carbonyl (C=O) groups is 2. The molecule has 0 amide bonds. The first-order chi connectivity index (χ1) is 8.25. The molecule has 1 aromatic rings. The van der Waals surface area contributed by atoms with Crippen LogP contribution < -0.4 is 0 Å². The fraction of sp³-hybridized carbons (Fsp3) is 0.200. The summed E-state index contributed by atoms with van der Waals surface area (Å²) < 4.78 is 52.3. The maximum absolute atomic E-state index is 13.3. The van der Waals surface area contributed by atoms with Crippen molar-refractivity contribution in [3.05, 3.63) is 34.4 Å². The predicted molar refractivity (Wildman–Crippen MR) is 49.0 cm³/mol. The largest absolute Gasteiger partial charge is 0.481 e. The highest BCUT2D eigenvalue weighted by molar-refractivity contribution is 5.74. The smallest absolute Gasteiger partial charge is 0.307 e. The van der Waals surface area contributed by atoms with E-state index in [2.05, 4.69) is 0 Å². The number of hydrogen-bond acceptors (Lipinski definition) is 2. The van der Waals surface area contributed by atoms with E-state index in [1.54, 1.807) is 0 Å². The highest BCUT2D eigenvalue weighted by atomic mass is 19.2. The third-order valence-electron chi connectivity index (χ3n) is 2.13. The minimum absolute atomic E-state index is 1.01. The zero-order valence-electron chi connectivity index (χ0n) is 8.64. The lowest BCUT2D eigenvalue weighted by Gasteiger charge is -2.10. The molecule has 0 aliphatic heterocycles. The van der Waals surface area contributed by atoms with Crippen molar-refractivity contribution in [2.75, 3.05) is 0 Å². The molecule has 0 aliphatic rings. The Hall–Kier alpha value is -2.12. The van der Waals surface area contributed by atoms with Gasteiger partial charge in [0.15, 0.2) is 23.3 Å². The Balaban J connectivity index is 3.52. The summed E-state index contributed by atoms with van der Waals surface area (Å²) in [5.41, 5.74) is -2.03. The first-order valence-corrected chi connectivity index (χ1v) is 4.53. The summed E-state index contributed by atoms with van der Waals surface area (Å²) in [4.78, 5) is 20.8. The average Bonchev–Trinajstić information content (AvgIpc) is 2.27. The van der Waals surface area contributed by atoms with E-state index in [1.165, 1.54) is 0 Å². The summed E-state index contributed by atoms with van der Waals surface area (Å²) in [6, 6.07) is 0. The van der Waals surface area contributed by atoms with Crippen LogP contribution in [0.4, 0.5) is 17.6 Å². The summed E-state index contributed by atoms with van der Waals surface area (Å²) in [7, 11) is 0. The van der Waals surface area contributed by atoms with Gasteiger partial charge in [-0.1, -0.05) is 0 Å². The third kappa shape index (κ3) is 2.58. The van der Waals surface area contributed by atoms with Crippen molar-refractivity contribution in [1.29, 1.82) is 0 Å². The number of hydrogen-bond donors (Lipinski definition) is 2. The van der Waals surface area contributed by atoms with Crippen molar-refractivity contribution in [2.45, 2.75) is 12.8 Å². The Kier molecular flexibility index (Phi) is 3.89. The van der Waals surface area contributed by atoms with Crippen LogP contribution in [0.2, 0.25) is 0 Å². The van der Waals surface area contributed by atoms with Gasteiger partial charge in [-0.05, 0) is 0 Å². The Bertz CT molecular complexity index is 480. The lowest BCUT2D eigenvalue weighted by Crippen LogP contribution is -2.15. The molecule has 98 valence electrons. The second kappa shape index (κ2) is 5.03. The molecule has 18 heavy (non-hydrogen) atoms. The van der Waals surface area contributed by atoms with Crippen LogP contribution in [0.1, 0.15) is 11.1 Å². The number of benzene rings is 1. The van der Waals surface area contributed by atoms with Gasteiger partial charge in [0.05, 0.1) is 12.8 Å². The van der Waals surface area contributed by atoms with E-state index in [1.807, 2.05) is 0 Å². The molecule has 0 atom stereocenters. The maximum Gasteiger partial charge on any atom is 0.307 e. The molecule has 4 nitrogen and oxygen atoms in total. The molecule has 0 saturated heterocycles. The van der Waals surface area contributed by atoms with E-state index in [0.29, 0.717) is 0 Å². The third-order valence-corrected chi connectivity index (χ3v) is 2.13. The van der Waals surface area contributed by atoms with Gasteiger partial charge in [-0.15, -0.1) is 0 Å². The fourth-order valence-electron chi connectivity index (χ4n) is 1.39. The lowest BCUT2D eigenvalue weighted by atomic mass is 9.99. The second-order valence-corrected chi connectivity index (χ2v) is 3.35. The molecule has 0 bridgehead atoms. The summed E-state index contributed by atoms with van der Waals surface area (Å²) in [6.45, 7) is 0. The molecule has 1 aromatic carbocycles. The SMILES string of the molecule is O=C(O)Cc1c(F)c(F)c(F)c(F)c1CC(=O)O. The van der Waals surface area contributed by atoms with Crippen LogP contribution >= 0.6 is 0 Å². The van der Waals surface area contributed by atoms with Gasteiger partial charge < -0.3 is 10.2 Å². The molecular weight excluding hydrogens is 260 g/mol. The first-order valence-electron chi connectivity index (χ1n) is 4.53. The van der Waals surface area contributed by atoms with Crippen molar-refractivity contribution >= 4 is 11.9 Å². The van der Waals surface area contributed by atoms with Gasteiger partial charge in [-0.25, -0.2) is 17.6 Å². The molecule has 1 rings (SSSR count). The van der Waals surface area contributed by atoms with Crippen molar-refractivity contribution in [3.63, 3.8) is 0 Å². The molecule has 0 aliphatic carbocycles. The van der Waals surface area contributed by atoms with Crippen molar-refractivity contribution in [1.82, 2.24) is 0 Å². The zero-order valence-corrected chi connectivity index (χ0v) is 8.64. The van der Waals surface area contributed by atoms with E-state index in [4.69, 9.17) is 10.2 Å². The average molecular weight is 266 g/mol. The zero-order chi connectivity index (χ0) is 14.0. The highest BCUT2D eigenvalue weighted by Gasteiger charge is 2.27. The van der Waals surface area contributed by atoms with Crippen LogP contribution in [0, 0.1) is 23.3 Å². The minimum Gasteiger partial charge on any atom is -0.481 e. The number of aliphatic carboxylic acids is 2. The molecule has 0 aromatic heterocycles. The van der Waals surface area contributed by atoms with Crippen molar-refractivity contribution in [3.8, 4) is 0 Å². The monoisotopic (exact) mass is 266 g/mol. The van der Waals surface area contributed by atoms with E-state index in [-0.39, 0.29) is 0 Å². The molecule has 0 unspecified atom stereocenters. The van der Waals surface area contributed by atoms with E-state index in [9.17, 15) is 27.2 Å². The Labute approximate surface area is 97.5 Å². The van der Waals surface area contributed by atoms with Crippen LogP contribution in [-0.2, 0) is 22.4 Å². The number of carboxylic acids is 2. The molecule has 0 saturated carbocycles. The Morgan fingerprint density at radius 2 is 1.00 bits per heavy atom. The number of rotatable bonds is 4. The lowest BCUT2D eigenvalue weighted by molar-refractivity contribution is -0.137. The predicted octanol–water partition coefficient (Wildman–Crippen LogP) is 1.50. The fourth-order valence-corrected chi connectivity index (χ4v) is 1.39. The van der Waals surface area contributed by atoms with Gasteiger partial charge in [0, 0.05) is 11.1 Å². The molecule has 0 radical (unpaired) electrons. The molecule has 2 N–H and O–H groups in total. The molecular formula is C10H6F4O4. The minimum atomic E-state index is -2.17. The van der Waals surface area contributed by atoms with Crippen LogP contribution in [0.25, 0.3) is 0 Å². The molecule has 0 spiro atoms. The summed E-state index contributed by atoms with van der Waals surface area (Å²) in [6.07, 6.45) is -2.30.